The van der Waals surface area contributed by atoms with Gasteiger partial charge in [-0.1, -0.05) is 23.4 Å². The number of benzene rings is 1. The third-order valence-electron chi connectivity index (χ3n) is 2.41. The van der Waals surface area contributed by atoms with E-state index in [9.17, 15) is 8.42 Å². The predicted molar refractivity (Wildman–Crippen MR) is 81.7 cm³/mol. The van der Waals surface area contributed by atoms with Crippen LogP contribution in [0.2, 0.25) is 5.15 Å². The minimum atomic E-state index is -3.19. The molecule has 0 saturated heterocycles. The molecule has 1 N–H and O–H groups in total. The Labute approximate surface area is 126 Å². The number of aromatic nitrogens is 2. The molecule has 2 rings (SSSR count). The van der Waals surface area contributed by atoms with E-state index >= 15 is 0 Å². The summed E-state index contributed by atoms with van der Waals surface area (Å²) in [7, 11) is -3.19. The second-order valence-electron chi connectivity index (χ2n) is 3.98. The van der Waals surface area contributed by atoms with Gasteiger partial charge in [-0.3, -0.25) is 0 Å². The minimum Gasteiger partial charge on any atom is -0.340 e. The molecule has 1 heterocycles. The Balaban J connectivity index is 2.24. The van der Waals surface area contributed by atoms with Gasteiger partial charge in [0.15, 0.2) is 15.0 Å². The largest absolute Gasteiger partial charge is 0.340 e. The van der Waals surface area contributed by atoms with Gasteiger partial charge in [-0.25, -0.2) is 18.4 Å². The Morgan fingerprint density at radius 2 is 1.85 bits per heavy atom. The number of thioether (sulfide) groups is 1. The van der Waals surface area contributed by atoms with Crippen LogP contribution in [0.15, 0.2) is 40.4 Å². The Bertz CT molecular complexity index is 718. The molecule has 0 fully saturated rings. The van der Waals surface area contributed by atoms with E-state index in [2.05, 4.69) is 15.3 Å². The molecule has 0 radical (unpaired) electrons. The number of hydrogen-bond donors (Lipinski definition) is 1. The molecule has 106 valence electrons. The lowest BCUT2D eigenvalue weighted by molar-refractivity contribution is 0.602. The molecular weight excluding hydrogens is 318 g/mol. The van der Waals surface area contributed by atoms with E-state index in [-0.39, 0.29) is 4.90 Å². The van der Waals surface area contributed by atoms with Crippen LogP contribution in [0, 0.1) is 0 Å². The molecule has 0 saturated carbocycles. The molecule has 0 aliphatic heterocycles. The Kier molecular flexibility index (Phi) is 4.52. The van der Waals surface area contributed by atoms with Crippen molar-refractivity contribution in [3.8, 4) is 0 Å². The summed E-state index contributed by atoms with van der Waals surface area (Å²) >= 11 is 7.28. The van der Waals surface area contributed by atoms with Crippen molar-refractivity contribution in [3.63, 3.8) is 0 Å². The van der Waals surface area contributed by atoms with E-state index in [0.717, 1.165) is 5.69 Å². The van der Waals surface area contributed by atoms with Crippen LogP contribution >= 0.6 is 23.4 Å². The molecule has 0 spiro atoms. The molecule has 20 heavy (non-hydrogen) atoms. The summed E-state index contributed by atoms with van der Waals surface area (Å²) in [6, 6.07) is 8.02. The topological polar surface area (TPSA) is 72.0 Å². The number of sulfone groups is 1. The lowest BCUT2D eigenvalue weighted by atomic mass is 10.3. The molecular formula is C12H12ClN3O2S2. The van der Waals surface area contributed by atoms with Crippen LogP contribution in [-0.2, 0) is 9.84 Å². The number of nitrogens with zero attached hydrogens (tertiary/aromatic N) is 2. The number of rotatable bonds is 4. The fraction of sp³-hybridized carbons (Fsp3) is 0.167. The zero-order valence-corrected chi connectivity index (χ0v) is 13.2. The summed E-state index contributed by atoms with van der Waals surface area (Å²) in [4.78, 5) is 8.57. The van der Waals surface area contributed by atoms with Gasteiger partial charge >= 0.3 is 0 Å². The van der Waals surface area contributed by atoms with Crippen molar-refractivity contribution in [2.75, 3.05) is 17.8 Å². The first kappa shape index (κ1) is 15.1. The van der Waals surface area contributed by atoms with Crippen LogP contribution in [0.5, 0.6) is 0 Å². The van der Waals surface area contributed by atoms with Crippen molar-refractivity contribution in [2.45, 2.75) is 10.1 Å². The van der Waals surface area contributed by atoms with Crippen molar-refractivity contribution >= 4 is 44.7 Å². The first-order chi connectivity index (χ1) is 9.38. The average molecular weight is 330 g/mol. The molecule has 0 aliphatic carbocycles. The van der Waals surface area contributed by atoms with E-state index in [1.165, 1.54) is 30.2 Å². The van der Waals surface area contributed by atoms with E-state index in [1.54, 1.807) is 18.2 Å². The fourth-order valence-corrected chi connectivity index (χ4v) is 2.73. The van der Waals surface area contributed by atoms with Crippen LogP contribution in [0.4, 0.5) is 11.5 Å². The molecule has 0 bridgehead atoms. The van der Waals surface area contributed by atoms with Crippen molar-refractivity contribution in [1.82, 2.24) is 9.97 Å². The number of halogens is 1. The van der Waals surface area contributed by atoms with Crippen molar-refractivity contribution in [1.29, 1.82) is 0 Å². The van der Waals surface area contributed by atoms with Gasteiger partial charge in [0.25, 0.3) is 0 Å². The molecule has 1 aromatic heterocycles. The van der Waals surface area contributed by atoms with Crippen molar-refractivity contribution in [2.24, 2.45) is 0 Å². The number of anilines is 2. The van der Waals surface area contributed by atoms with E-state index in [0.29, 0.717) is 16.1 Å². The highest BCUT2D eigenvalue weighted by Gasteiger charge is 2.07. The third kappa shape index (κ3) is 3.84. The van der Waals surface area contributed by atoms with Crippen molar-refractivity contribution < 1.29 is 8.42 Å². The van der Waals surface area contributed by atoms with Crippen LogP contribution in [0.25, 0.3) is 0 Å². The molecule has 5 nitrogen and oxygen atoms in total. The second-order valence-corrected chi connectivity index (χ2v) is 7.16. The van der Waals surface area contributed by atoms with Crippen LogP contribution in [0.3, 0.4) is 0 Å². The van der Waals surface area contributed by atoms with E-state index in [1.807, 2.05) is 6.26 Å². The zero-order valence-electron chi connectivity index (χ0n) is 10.8. The van der Waals surface area contributed by atoms with Gasteiger partial charge in [-0.05, 0) is 30.5 Å². The average Bonchev–Trinajstić information content (AvgIpc) is 2.37. The summed E-state index contributed by atoms with van der Waals surface area (Å²) in [5, 5.41) is 3.96. The Morgan fingerprint density at radius 3 is 2.40 bits per heavy atom. The molecule has 0 amide bonds. The maximum absolute atomic E-state index is 11.4. The summed E-state index contributed by atoms with van der Waals surface area (Å²) < 4.78 is 22.7. The highest BCUT2D eigenvalue weighted by atomic mass is 35.5. The highest BCUT2D eigenvalue weighted by Crippen LogP contribution is 2.21. The standard InChI is InChI=1S/C12H12ClN3O2S2/c1-19-12-15-10(13)7-11(16-12)14-8-3-5-9(6-4-8)20(2,17)18/h3-7H,1-2H3,(H,14,15,16). The Morgan fingerprint density at radius 1 is 1.20 bits per heavy atom. The number of nitrogens with one attached hydrogen (secondary N) is 1. The van der Waals surface area contributed by atoms with Crippen LogP contribution < -0.4 is 5.32 Å². The highest BCUT2D eigenvalue weighted by molar-refractivity contribution is 7.98. The summed E-state index contributed by atoms with van der Waals surface area (Å²) in [5.41, 5.74) is 0.721. The fourth-order valence-electron chi connectivity index (χ4n) is 1.49. The smallest absolute Gasteiger partial charge is 0.190 e. The zero-order chi connectivity index (χ0) is 14.8. The van der Waals surface area contributed by atoms with Crippen molar-refractivity contribution in [3.05, 3.63) is 35.5 Å². The van der Waals surface area contributed by atoms with Gasteiger partial charge in [-0.15, -0.1) is 0 Å². The second kappa shape index (κ2) is 5.99. The van der Waals surface area contributed by atoms with E-state index in [4.69, 9.17) is 11.6 Å². The lowest BCUT2D eigenvalue weighted by Crippen LogP contribution is -1.99. The van der Waals surface area contributed by atoms with Gasteiger partial charge in [-0.2, -0.15) is 0 Å². The molecule has 0 atom stereocenters. The van der Waals surface area contributed by atoms with Crippen LogP contribution in [0.1, 0.15) is 0 Å². The minimum absolute atomic E-state index is 0.272. The van der Waals surface area contributed by atoms with E-state index < -0.39 is 9.84 Å². The first-order valence-electron chi connectivity index (χ1n) is 5.54. The summed E-state index contributed by atoms with van der Waals surface area (Å²) in [5.74, 6) is 0.557. The van der Waals surface area contributed by atoms with Gasteiger partial charge in [0.05, 0.1) is 4.90 Å². The molecule has 2 aromatic rings. The van der Waals surface area contributed by atoms with Gasteiger partial charge in [0.1, 0.15) is 11.0 Å². The first-order valence-corrected chi connectivity index (χ1v) is 9.03. The summed E-state index contributed by atoms with van der Waals surface area (Å²) in [6.45, 7) is 0. The quantitative estimate of drug-likeness (QED) is 0.528. The number of hydrogen-bond acceptors (Lipinski definition) is 6. The monoisotopic (exact) mass is 329 g/mol. The normalized spacial score (nSPS) is 11.3. The SMILES string of the molecule is CSc1nc(Cl)cc(Nc2ccc(S(C)(=O)=O)cc2)n1. The molecule has 0 aliphatic rings. The van der Waals surface area contributed by atoms with Crippen LogP contribution in [-0.4, -0.2) is 30.9 Å². The Hall–Kier alpha value is -1.31. The molecule has 8 heteroatoms. The van der Waals surface area contributed by atoms with Gasteiger partial charge in [0, 0.05) is 18.0 Å². The summed E-state index contributed by atoms with van der Waals surface area (Å²) in [6.07, 6.45) is 3.03. The molecule has 1 aromatic carbocycles. The molecule has 0 unspecified atom stereocenters. The lowest BCUT2D eigenvalue weighted by Gasteiger charge is -2.07. The maximum atomic E-state index is 11.4. The predicted octanol–water partition coefficient (Wildman–Crippen LogP) is 3.00. The maximum Gasteiger partial charge on any atom is 0.190 e. The van der Waals surface area contributed by atoms with Gasteiger partial charge in [0.2, 0.25) is 0 Å². The third-order valence-corrected chi connectivity index (χ3v) is 4.28. The van der Waals surface area contributed by atoms with Gasteiger partial charge < -0.3 is 5.32 Å².